The average Bonchev–Trinajstić information content (AvgIpc) is 3.22. The summed E-state index contributed by atoms with van der Waals surface area (Å²) in [7, 11) is 0. The summed E-state index contributed by atoms with van der Waals surface area (Å²) < 4.78 is 6.80. The van der Waals surface area contributed by atoms with Crippen LogP contribution in [0.15, 0.2) is 35.0 Å². The van der Waals surface area contributed by atoms with Crippen LogP contribution < -0.4 is 5.32 Å². The van der Waals surface area contributed by atoms with Gasteiger partial charge in [0.2, 0.25) is 5.82 Å². The van der Waals surface area contributed by atoms with Crippen molar-refractivity contribution in [3.8, 4) is 17.1 Å². The lowest BCUT2D eigenvalue weighted by molar-refractivity contribution is 0.0908. The summed E-state index contributed by atoms with van der Waals surface area (Å²) in [4.78, 5) is 16.3. The van der Waals surface area contributed by atoms with E-state index in [1.165, 1.54) is 0 Å². The number of halogens is 1. The molecule has 3 rings (SSSR count). The highest BCUT2D eigenvalue weighted by Gasteiger charge is 2.19. The van der Waals surface area contributed by atoms with Crippen molar-refractivity contribution in [2.75, 3.05) is 6.54 Å². The highest BCUT2D eigenvalue weighted by Crippen LogP contribution is 2.22. The Labute approximate surface area is 156 Å². The summed E-state index contributed by atoms with van der Waals surface area (Å²) in [5, 5.41) is 11.8. The largest absolute Gasteiger partial charge is 0.348 e. The van der Waals surface area contributed by atoms with Crippen LogP contribution in [-0.4, -0.2) is 32.4 Å². The number of hydrogen-bond donors (Lipinski definition) is 1. The van der Waals surface area contributed by atoms with Gasteiger partial charge < -0.3 is 9.84 Å². The van der Waals surface area contributed by atoms with Crippen LogP contribution in [0.25, 0.3) is 17.1 Å². The van der Waals surface area contributed by atoms with Crippen molar-refractivity contribution in [2.24, 2.45) is 5.92 Å². The first-order valence-corrected chi connectivity index (χ1v) is 8.76. The minimum atomic E-state index is -0.368. The van der Waals surface area contributed by atoms with E-state index in [1.54, 1.807) is 23.0 Å². The second kappa shape index (κ2) is 7.70. The van der Waals surface area contributed by atoms with Gasteiger partial charge in [0.25, 0.3) is 0 Å². The Morgan fingerprint density at radius 2 is 2.04 bits per heavy atom. The third kappa shape index (κ3) is 4.11. The molecular formula is C18H20ClN5O2. The number of rotatable bonds is 6. The summed E-state index contributed by atoms with van der Waals surface area (Å²) in [6.45, 7) is 6.61. The van der Waals surface area contributed by atoms with E-state index in [2.05, 4.69) is 34.4 Å². The van der Waals surface area contributed by atoms with Crippen molar-refractivity contribution in [3.63, 3.8) is 0 Å². The van der Waals surface area contributed by atoms with Crippen molar-refractivity contribution < 1.29 is 9.32 Å². The summed E-state index contributed by atoms with van der Waals surface area (Å²) in [5.41, 5.74) is 2.29. The normalized spacial score (nSPS) is 11.1. The molecule has 1 N–H and O–H groups in total. The van der Waals surface area contributed by atoms with Crippen LogP contribution in [0, 0.1) is 12.8 Å². The molecule has 0 aliphatic carbocycles. The predicted molar refractivity (Wildman–Crippen MR) is 98.4 cm³/mol. The highest BCUT2D eigenvalue weighted by molar-refractivity contribution is 6.30. The summed E-state index contributed by atoms with van der Waals surface area (Å²) in [6.07, 6.45) is 2.68. The zero-order chi connectivity index (χ0) is 18.7. The topological polar surface area (TPSA) is 85.8 Å². The fraction of sp³-hybridized carbons (Fsp3) is 0.333. The number of hydrogen-bond acceptors (Lipinski definition) is 5. The molecule has 2 aromatic heterocycles. The molecule has 0 saturated heterocycles. The molecule has 0 saturated carbocycles. The van der Waals surface area contributed by atoms with Crippen LogP contribution in [0.5, 0.6) is 0 Å². The molecule has 0 aliphatic heterocycles. The second-order valence-electron chi connectivity index (χ2n) is 6.41. The van der Waals surface area contributed by atoms with Gasteiger partial charge in [-0.05, 0) is 43.5 Å². The Hall–Kier alpha value is -2.67. The smallest absolute Gasteiger partial charge is 0.316 e. The number of aryl methyl sites for hydroxylation is 1. The van der Waals surface area contributed by atoms with Crippen molar-refractivity contribution in [3.05, 3.63) is 47.1 Å². The molecule has 1 aromatic carbocycles. The molecule has 26 heavy (non-hydrogen) atoms. The molecule has 0 bridgehead atoms. The van der Waals surface area contributed by atoms with E-state index in [-0.39, 0.29) is 11.8 Å². The van der Waals surface area contributed by atoms with E-state index in [4.69, 9.17) is 16.1 Å². The zero-order valence-electron chi connectivity index (χ0n) is 14.9. The molecule has 7 nitrogen and oxygen atoms in total. The summed E-state index contributed by atoms with van der Waals surface area (Å²) in [5.74, 6) is 0.418. The van der Waals surface area contributed by atoms with Gasteiger partial charge in [0.15, 0.2) is 0 Å². The molecule has 0 fully saturated rings. The van der Waals surface area contributed by atoms with Crippen LogP contribution in [-0.2, 0) is 0 Å². The van der Waals surface area contributed by atoms with Crippen LogP contribution in [0.1, 0.15) is 36.6 Å². The van der Waals surface area contributed by atoms with Crippen LogP contribution in [0.4, 0.5) is 0 Å². The Morgan fingerprint density at radius 1 is 1.31 bits per heavy atom. The Balaban J connectivity index is 1.77. The molecule has 2 heterocycles. The number of benzene rings is 1. The van der Waals surface area contributed by atoms with Gasteiger partial charge in [0, 0.05) is 17.8 Å². The number of nitrogens with zero attached hydrogens (tertiary/aromatic N) is 4. The van der Waals surface area contributed by atoms with Crippen molar-refractivity contribution in [2.45, 2.75) is 27.2 Å². The number of nitrogens with one attached hydrogen (secondary N) is 1. The van der Waals surface area contributed by atoms with E-state index in [9.17, 15) is 4.79 Å². The Bertz CT molecular complexity index is 899. The van der Waals surface area contributed by atoms with E-state index in [0.717, 1.165) is 17.8 Å². The van der Waals surface area contributed by atoms with E-state index in [1.807, 2.05) is 19.1 Å². The van der Waals surface area contributed by atoms with Gasteiger partial charge in [-0.3, -0.25) is 4.79 Å². The molecule has 136 valence electrons. The van der Waals surface area contributed by atoms with E-state index >= 15 is 0 Å². The van der Waals surface area contributed by atoms with Crippen LogP contribution in [0.3, 0.4) is 0 Å². The first kappa shape index (κ1) is 18.1. The quantitative estimate of drug-likeness (QED) is 0.712. The van der Waals surface area contributed by atoms with Gasteiger partial charge in [-0.1, -0.05) is 30.6 Å². The SMILES string of the molecule is Cc1nn(-c2ccc(Cl)cc2)cc1-c1noc(C(=O)NCCC(C)C)n1. The lowest BCUT2D eigenvalue weighted by atomic mass is 10.1. The van der Waals surface area contributed by atoms with E-state index < -0.39 is 0 Å². The third-order valence-corrected chi connectivity index (χ3v) is 4.11. The molecule has 0 unspecified atom stereocenters. The predicted octanol–water partition coefficient (Wildman–Crippen LogP) is 3.66. The fourth-order valence-electron chi connectivity index (χ4n) is 2.38. The first-order valence-electron chi connectivity index (χ1n) is 8.38. The van der Waals surface area contributed by atoms with Gasteiger partial charge in [-0.25, -0.2) is 4.68 Å². The molecule has 0 radical (unpaired) electrons. The number of aromatic nitrogens is 4. The number of carbonyl (C=O) groups excluding carboxylic acids is 1. The maximum absolute atomic E-state index is 12.1. The summed E-state index contributed by atoms with van der Waals surface area (Å²) in [6, 6.07) is 7.31. The third-order valence-electron chi connectivity index (χ3n) is 3.86. The molecule has 8 heteroatoms. The minimum Gasteiger partial charge on any atom is -0.348 e. The van der Waals surface area contributed by atoms with Gasteiger partial charge in [-0.2, -0.15) is 10.1 Å². The first-order chi connectivity index (χ1) is 12.4. The standard InChI is InChI=1S/C18H20ClN5O2/c1-11(2)8-9-20-17(25)18-21-16(23-26-18)15-10-24(22-12(15)3)14-6-4-13(19)5-7-14/h4-7,10-11H,8-9H2,1-3H3,(H,20,25). The highest BCUT2D eigenvalue weighted by atomic mass is 35.5. The number of carbonyl (C=O) groups is 1. The summed E-state index contributed by atoms with van der Waals surface area (Å²) >= 11 is 5.92. The Morgan fingerprint density at radius 3 is 2.73 bits per heavy atom. The van der Waals surface area contributed by atoms with Gasteiger partial charge >= 0.3 is 11.8 Å². The average molecular weight is 374 g/mol. The van der Waals surface area contributed by atoms with Crippen LogP contribution in [0.2, 0.25) is 5.02 Å². The molecule has 0 aliphatic rings. The van der Waals surface area contributed by atoms with Crippen molar-refractivity contribution in [1.29, 1.82) is 0 Å². The second-order valence-corrected chi connectivity index (χ2v) is 6.85. The molecule has 0 spiro atoms. The van der Waals surface area contributed by atoms with Crippen molar-refractivity contribution >= 4 is 17.5 Å². The van der Waals surface area contributed by atoms with Crippen LogP contribution >= 0.6 is 11.6 Å². The molecular weight excluding hydrogens is 354 g/mol. The zero-order valence-corrected chi connectivity index (χ0v) is 15.6. The van der Waals surface area contributed by atoms with E-state index in [0.29, 0.717) is 28.9 Å². The number of amides is 1. The lowest BCUT2D eigenvalue weighted by Gasteiger charge is -2.04. The van der Waals surface area contributed by atoms with Gasteiger partial charge in [0.1, 0.15) is 0 Å². The van der Waals surface area contributed by atoms with Crippen molar-refractivity contribution in [1.82, 2.24) is 25.2 Å². The molecule has 0 atom stereocenters. The molecule has 3 aromatic rings. The Kier molecular flexibility index (Phi) is 5.37. The fourth-order valence-corrected chi connectivity index (χ4v) is 2.51. The van der Waals surface area contributed by atoms with Gasteiger partial charge in [0.05, 0.1) is 16.9 Å². The monoisotopic (exact) mass is 373 g/mol. The lowest BCUT2D eigenvalue weighted by Crippen LogP contribution is -2.25. The molecule has 1 amide bonds. The van der Waals surface area contributed by atoms with Gasteiger partial charge in [-0.15, -0.1) is 0 Å². The maximum atomic E-state index is 12.1. The minimum absolute atomic E-state index is 0.0533. The maximum Gasteiger partial charge on any atom is 0.316 e.